The molecule has 0 atom stereocenters. The van der Waals surface area contributed by atoms with Crippen LogP contribution in [0.5, 0.6) is 0 Å². The van der Waals surface area contributed by atoms with Crippen molar-refractivity contribution >= 4 is 0 Å². The Morgan fingerprint density at radius 2 is 1.44 bits per heavy atom. The predicted octanol–water partition coefficient (Wildman–Crippen LogP) is 3.10. The van der Waals surface area contributed by atoms with E-state index in [1.165, 1.54) is 38.5 Å². The molecule has 0 aromatic carbocycles. The standard InChI is InChI=1S/C9H15/c1-2-4-6-8-9-7-5-3-1/h1-2,7H,3-6,8-9H2. The Hall–Kier alpha value is -0.260. The van der Waals surface area contributed by atoms with Crippen LogP contribution >= 0.6 is 0 Å². The van der Waals surface area contributed by atoms with E-state index in [2.05, 4.69) is 18.6 Å². The van der Waals surface area contributed by atoms with Crippen LogP contribution in [0.4, 0.5) is 0 Å². The molecule has 9 heavy (non-hydrogen) atoms. The molecular formula is C9H15. The smallest absolute Gasteiger partial charge is 0.0348 e. The second-order valence-corrected chi connectivity index (χ2v) is 2.62. The Morgan fingerprint density at radius 1 is 0.667 bits per heavy atom. The summed E-state index contributed by atoms with van der Waals surface area (Å²) in [6.45, 7) is 0. The Bertz CT molecular complexity index is 72.0. The molecule has 51 valence electrons. The maximum Gasteiger partial charge on any atom is -0.0348 e. The fourth-order valence-electron chi connectivity index (χ4n) is 1.14. The van der Waals surface area contributed by atoms with Gasteiger partial charge in [0.1, 0.15) is 0 Å². The van der Waals surface area contributed by atoms with Crippen LogP contribution in [0.1, 0.15) is 38.5 Å². The van der Waals surface area contributed by atoms with Crippen LogP contribution < -0.4 is 0 Å². The van der Waals surface area contributed by atoms with E-state index >= 15 is 0 Å². The largest absolute Gasteiger partial charge is 0.0885 e. The molecule has 0 heterocycles. The van der Waals surface area contributed by atoms with Crippen molar-refractivity contribution in [3.63, 3.8) is 0 Å². The van der Waals surface area contributed by atoms with E-state index in [4.69, 9.17) is 0 Å². The summed E-state index contributed by atoms with van der Waals surface area (Å²) in [5, 5.41) is 0. The molecule has 0 aromatic rings. The van der Waals surface area contributed by atoms with E-state index in [0.29, 0.717) is 0 Å². The van der Waals surface area contributed by atoms with Gasteiger partial charge >= 0.3 is 0 Å². The van der Waals surface area contributed by atoms with E-state index < -0.39 is 0 Å². The fraction of sp³-hybridized carbons (Fsp3) is 0.667. The third kappa shape index (κ3) is 3.34. The van der Waals surface area contributed by atoms with Crippen molar-refractivity contribution in [3.05, 3.63) is 18.6 Å². The molecule has 0 aromatic heterocycles. The van der Waals surface area contributed by atoms with Crippen molar-refractivity contribution in [1.82, 2.24) is 0 Å². The molecular weight excluding hydrogens is 108 g/mol. The van der Waals surface area contributed by atoms with Gasteiger partial charge in [0.2, 0.25) is 0 Å². The molecule has 0 nitrogen and oxygen atoms in total. The SMILES string of the molecule is [CH]1CCC=CCCCC1. The molecule has 0 bridgehead atoms. The molecule has 1 aliphatic rings. The maximum absolute atomic E-state index is 2.41. The maximum atomic E-state index is 2.41. The fourth-order valence-corrected chi connectivity index (χ4v) is 1.14. The van der Waals surface area contributed by atoms with Crippen LogP contribution in [0, 0.1) is 6.42 Å². The van der Waals surface area contributed by atoms with Crippen molar-refractivity contribution in [3.8, 4) is 0 Å². The zero-order valence-electron chi connectivity index (χ0n) is 5.97. The highest BCUT2D eigenvalue weighted by Gasteiger charge is 1.91. The van der Waals surface area contributed by atoms with Crippen LogP contribution in [0.3, 0.4) is 0 Å². The highest BCUT2D eigenvalue weighted by Crippen LogP contribution is 2.09. The lowest BCUT2D eigenvalue weighted by molar-refractivity contribution is 0.726. The molecule has 0 spiro atoms. The van der Waals surface area contributed by atoms with Crippen molar-refractivity contribution in [2.75, 3.05) is 0 Å². The summed E-state index contributed by atoms with van der Waals surface area (Å²) in [6.07, 6.45) is 15.0. The van der Waals surface area contributed by atoms with Gasteiger partial charge in [-0.15, -0.1) is 0 Å². The molecule has 0 aliphatic heterocycles. The summed E-state index contributed by atoms with van der Waals surface area (Å²) in [5.41, 5.74) is 0. The normalized spacial score (nSPS) is 22.2. The van der Waals surface area contributed by atoms with Crippen molar-refractivity contribution < 1.29 is 0 Å². The molecule has 0 unspecified atom stereocenters. The number of hydrogen-bond donors (Lipinski definition) is 0. The molecule has 1 radical (unpaired) electrons. The van der Waals surface area contributed by atoms with Gasteiger partial charge in [-0.05, 0) is 32.1 Å². The Kier molecular flexibility index (Phi) is 3.51. The zero-order chi connectivity index (χ0) is 6.36. The summed E-state index contributed by atoms with van der Waals surface area (Å²) < 4.78 is 0. The van der Waals surface area contributed by atoms with E-state index in [1.54, 1.807) is 0 Å². The third-order valence-electron chi connectivity index (χ3n) is 1.73. The van der Waals surface area contributed by atoms with E-state index in [-0.39, 0.29) is 0 Å². The van der Waals surface area contributed by atoms with E-state index in [0.717, 1.165) is 0 Å². The molecule has 0 N–H and O–H groups in total. The molecule has 1 aliphatic carbocycles. The molecule has 0 saturated carbocycles. The minimum atomic E-state index is 1.26. The first kappa shape index (κ1) is 6.85. The summed E-state index contributed by atoms with van der Waals surface area (Å²) in [4.78, 5) is 0. The summed E-state index contributed by atoms with van der Waals surface area (Å²) >= 11 is 0. The average molecular weight is 123 g/mol. The average Bonchev–Trinajstić information content (AvgIpc) is 2.00. The Balaban J connectivity index is 2.15. The Morgan fingerprint density at radius 3 is 2.44 bits per heavy atom. The van der Waals surface area contributed by atoms with Gasteiger partial charge in [-0.25, -0.2) is 0 Å². The third-order valence-corrected chi connectivity index (χ3v) is 1.73. The van der Waals surface area contributed by atoms with Crippen LogP contribution in [0.2, 0.25) is 0 Å². The van der Waals surface area contributed by atoms with Gasteiger partial charge in [-0.1, -0.05) is 25.0 Å². The first-order valence-electron chi connectivity index (χ1n) is 3.97. The minimum Gasteiger partial charge on any atom is -0.0885 e. The molecule has 0 saturated heterocycles. The van der Waals surface area contributed by atoms with Crippen LogP contribution in [0.25, 0.3) is 0 Å². The summed E-state index contributed by atoms with van der Waals surface area (Å²) in [6, 6.07) is 0. The highest BCUT2D eigenvalue weighted by atomic mass is 14.0. The van der Waals surface area contributed by atoms with E-state index in [9.17, 15) is 0 Å². The van der Waals surface area contributed by atoms with Gasteiger partial charge in [0, 0.05) is 0 Å². The summed E-state index contributed by atoms with van der Waals surface area (Å²) in [7, 11) is 0. The van der Waals surface area contributed by atoms with Crippen molar-refractivity contribution in [2.24, 2.45) is 0 Å². The first-order valence-corrected chi connectivity index (χ1v) is 3.97. The van der Waals surface area contributed by atoms with Gasteiger partial charge in [-0.3, -0.25) is 0 Å². The van der Waals surface area contributed by atoms with Gasteiger partial charge in [0.25, 0.3) is 0 Å². The van der Waals surface area contributed by atoms with Gasteiger partial charge in [0.15, 0.2) is 0 Å². The Labute approximate surface area is 58.0 Å². The van der Waals surface area contributed by atoms with Crippen LogP contribution in [-0.4, -0.2) is 0 Å². The second-order valence-electron chi connectivity index (χ2n) is 2.62. The van der Waals surface area contributed by atoms with Crippen LogP contribution in [-0.2, 0) is 0 Å². The lowest BCUT2D eigenvalue weighted by Gasteiger charge is -1.93. The predicted molar refractivity (Wildman–Crippen MR) is 41.1 cm³/mol. The topological polar surface area (TPSA) is 0 Å². The van der Waals surface area contributed by atoms with Gasteiger partial charge < -0.3 is 0 Å². The quantitative estimate of drug-likeness (QED) is 0.434. The number of allylic oxidation sites excluding steroid dienone is 2. The minimum absolute atomic E-state index is 1.26. The summed E-state index contributed by atoms with van der Waals surface area (Å²) in [5.74, 6) is 0. The zero-order valence-corrected chi connectivity index (χ0v) is 5.97. The molecule has 0 amide bonds. The lowest BCUT2D eigenvalue weighted by atomic mass is 10.1. The second kappa shape index (κ2) is 4.60. The highest BCUT2D eigenvalue weighted by molar-refractivity contribution is 4.85. The number of hydrogen-bond acceptors (Lipinski definition) is 0. The number of rotatable bonds is 0. The van der Waals surface area contributed by atoms with Crippen molar-refractivity contribution in [2.45, 2.75) is 38.5 Å². The van der Waals surface area contributed by atoms with Gasteiger partial charge in [-0.2, -0.15) is 0 Å². The monoisotopic (exact) mass is 123 g/mol. The molecule has 0 heteroatoms. The lowest BCUT2D eigenvalue weighted by Crippen LogP contribution is -1.75. The first-order chi connectivity index (χ1) is 4.50. The van der Waals surface area contributed by atoms with Gasteiger partial charge in [0.05, 0.1) is 0 Å². The van der Waals surface area contributed by atoms with E-state index in [1.807, 2.05) is 0 Å². The molecule has 0 fully saturated rings. The van der Waals surface area contributed by atoms with Crippen molar-refractivity contribution in [1.29, 1.82) is 0 Å². The molecule has 1 rings (SSSR count). The van der Waals surface area contributed by atoms with Crippen LogP contribution in [0.15, 0.2) is 12.2 Å².